The van der Waals surface area contributed by atoms with E-state index in [0.29, 0.717) is 22.2 Å². The van der Waals surface area contributed by atoms with Gasteiger partial charge in [0.2, 0.25) is 5.95 Å². The molecule has 0 aliphatic carbocycles. The number of fused-ring (bicyclic) bond motifs is 1. The van der Waals surface area contributed by atoms with Gasteiger partial charge in [-0.25, -0.2) is 9.48 Å². The molecule has 6 nitrogen and oxygen atoms in total. The average Bonchev–Trinajstić information content (AvgIpc) is 3.15. The van der Waals surface area contributed by atoms with Gasteiger partial charge in [0.25, 0.3) is 0 Å². The third-order valence-corrected chi connectivity index (χ3v) is 4.50. The number of nitrogens with one attached hydrogen (secondary N) is 1. The Morgan fingerprint density at radius 3 is 2.58 bits per heavy atom. The van der Waals surface area contributed by atoms with Gasteiger partial charge in [0, 0.05) is 5.02 Å². The van der Waals surface area contributed by atoms with Crippen LogP contribution in [0, 0.1) is 0 Å². The summed E-state index contributed by atoms with van der Waals surface area (Å²) >= 11 is 6.01. The van der Waals surface area contributed by atoms with E-state index in [1.54, 1.807) is 16.8 Å². The fourth-order valence-electron chi connectivity index (χ4n) is 3.08. The molecule has 0 bridgehead atoms. The fourth-order valence-corrected chi connectivity index (χ4v) is 3.20. The van der Waals surface area contributed by atoms with Crippen molar-refractivity contribution < 1.29 is 9.53 Å². The smallest absolute Gasteiger partial charge is 0.338 e. The maximum Gasteiger partial charge on any atom is 0.338 e. The monoisotopic (exact) mass is 366 g/mol. The van der Waals surface area contributed by atoms with Gasteiger partial charge >= 0.3 is 5.97 Å². The van der Waals surface area contributed by atoms with Crippen molar-refractivity contribution in [3.63, 3.8) is 0 Å². The second-order valence-corrected chi connectivity index (χ2v) is 6.19. The van der Waals surface area contributed by atoms with E-state index < -0.39 is 12.0 Å². The summed E-state index contributed by atoms with van der Waals surface area (Å²) in [5.41, 5.74) is 2.81. The third-order valence-electron chi connectivity index (χ3n) is 4.25. The van der Waals surface area contributed by atoms with Crippen LogP contribution in [0.15, 0.2) is 66.5 Å². The fraction of sp³-hybridized carbons (Fsp3) is 0.105. The number of carbonyl (C=O) groups is 1. The number of ether oxygens (including phenoxy) is 1. The molecule has 0 unspecified atom stereocenters. The molecular formula is C19H15ClN4O2. The second kappa shape index (κ2) is 6.65. The maximum absolute atomic E-state index is 12.7. The van der Waals surface area contributed by atoms with Crippen LogP contribution in [0.2, 0.25) is 5.02 Å². The molecule has 7 heteroatoms. The molecule has 2 heterocycles. The van der Waals surface area contributed by atoms with Gasteiger partial charge < -0.3 is 10.1 Å². The highest BCUT2D eigenvalue weighted by molar-refractivity contribution is 6.30. The molecule has 0 spiro atoms. The third kappa shape index (κ3) is 2.74. The molecule has 4 rings (SSSR count). The molecule has 130 valence electrons. The number of benzene rings is 2. The van der Waals surface area contributed by atoms with Crippen molar-refractivity contribution in [2.45, 2.75) is 6.04 Å². The van der Waals surface area contributed by atoms with Crippen LogP contribution in [0.3, 0.4) is 0 Å². The molecule has 1 atom stereocenters. The summed E-state index contributed by atoms with van der Waals surface area (Å²) in [5.74, 6) is 0.119. The Balaban J connectivity index is 1.97. The summed E-state index contributed by atoms with van der Waals surface area (Å²) in [5, 5.41) is 8.12. The van der Waals surface area contributed by atoms with Crippen LogP contribution >= 0.6 is 11.6 Å². The Bertz CT molecular complexity index is 980. The van der Waals surface area contributed by atoms with Crippen LogP contribution < -0.4 is 5.32 Å². The van der Waals surface area contributed by atoms with Crippen LogP contribution in [0.5, 0.6) is 0 Å². The topological polar surface area (TPSA) is 69.0 Å². The Kier molecular flexibility index (Phi) is 4.18. The van der Waals surface area contributed by atoms with Crippen LogP contribution in [0.4, 0.5) is 5.95 Å². The van der Waals surface area contributed by atoms with Crippen LogP contribution in [0.1, 0.15) is 17.2 Å². The van der Waals surface area contributed by atoms with Crippen LogP contribution in [-0.2, 0) is 9.53 Å². The molecule has 26 heavy (non-hydrogen) atoms. The van der Waals surface area contributed by atoms with Gasteiger partial charge in [-0.15, -0.1) is 0 Å². The van der Waals surface area contributed by atoms with Gasteiger partial charge in [0.1, 0.15) is 12.4 Å². The number of rotatable bonds is 3. The van der Waals surface area contributed by atoms with Crippen molar-refractivity contribution in [3.05, 3.63) is 82.6 Å². The Labute approximate surface area is 155 Å². The molecule has 3 aromatic rings. The molecule has 2 aromatic carbocycles. The van der Waals surface area contributed by atoms with Crippen molar-refractivity contribution in [1.29, 1.82) is 0 Å². The van der Waals surface area contributed by atoms with E-state index in [0.717, 1.165) is 11.1 Å². The Hall–Kier alpha value is -3.12. The van der Waals surface area contributed by atoms with E-state index in [9.17, 15) is 4.79 Å². The van der Waals surface area contributed by atoms with Gasteiger partial charge in [-0.3, -0.25) is 0 Å². The summed E-state index contributed by atoms with van der Waals surface area (Å²) in [7, 11) is 1.37. The largest absolute Gasteiger partial charge is 0.466 e. The van der Waals surface area contributed by atoms with Crippen molar-refractivity contribution in [1.82, 2.24) is 14.8 Å². The number of methoxy groups -OCH3 is 1. The molecule has 1 N–H and O–H groups in total. The number of nitrogens with zero attached hydrogens (tertiary/aromatic N) is 3. The predicted molar refractivity (Wildman–Crippen MR) is 98.6 cm³/mol. The first-order valence-corrected chi connectivity index (χ1v) is 8.36. The minimum absolute atomic E-state index is 0.433. The number of aromatic nitrogens is 3. The quantitative estimate of drug-likeness (QED) is 0.718. The zero-order chi connectivity index (χ0) is 18.1. The predicted octanol–water partition coefficient (Wildman–Crippen LogP) is 3.53. The minimum Gasteiger partial charge on any atom is -0.466 e. The second-order valence-electron chi connectivity index (χ2n) is 5.75. The van der Waals surface area contributed by atoms with E-state index in [1.807, 2.05) is 42.5 Å². The van der Waals surface area contributed by atoms with E-state index in [-0.39, 0.29) is 0 Å². The van der Waals surface area contributed by atoms with Crippen molar-refractivity contribution in [2.24, 2.45) is 0 Å². The molecule has 0 amide bonds. The lowest BCUT2D eigenvalue weighted by Crippen LogP contribution is -2.29. The number of esters is 1. The lowest BCUT2D eigenvalue weighted by Gasteiger charge is -2.29. The molecule has 0 saturated heterocycles. The number of carbonyl (C=O) groups excluding carboxylic acids is 1. The van der Waals surface area contributed by atoms with Gasteiger partial charge in [-0.1, -0.05) is 54.1 Å². The summed E-state index contributed by atoms with van der Waals surface area (Å²) in [6, 6.07) is 16.5. The van der Waals surface area contributed by atoms with Crippen LogP contribution in [-0.4, -0.2) is 27.8 Å². The molecule has 0 fully saturated rings. The van der Waals surface area contributed by atoms with Crippen molar-refractivity contribution in [3.8, 4) is 0 Å². The number of anilines is 1. The number of hydrogen-bond donors (Lipinski definition) is 1. The number of halogens is 1. The summed E-state index contributed by atoms with van der Waals surface area (Å²) in [6.07, 6.45) is 1.46. The van der Waals surface area contributed by atoms with Crippen LogP contribution in [0.25, 0.3) is 5.70 Å². The van der Waals surface area contributed by atoms with Gasteiger partial charge in [-0.05, 0) is 23.3 Å². The average molecular weight is 367 g/mol. The van der Waals surface area contributed by atoms with E-state index in [4.69, 9.17) is 16.3 Å². The molecule has 1 aliphatic heterocycles. The summed E-state index contributed by atoms with van der Waals surface area (Å²) in [6.45, 7) is 0. The van der Waals surface area contributed by atoms with Gasteiger partial charge in [0.05, 0.1) is 18.4 Å². The lowest BCUT2D eigenvalue weighted by molar-refractivity contribution is -0.136. The normalized spacial score (nSPS) is 16.0. The molecule has 0 saturated carbocycles. The zero-order valence-corrected chi connectivity index (χ0v) is 14.6. The van der Waals surface area contributed by atoms with Gasteiger partial charge in [0.15, 0.2) is 0 Å². The highest BCUT2D eigenvalue weighted by Crippen LogP contribution is 2.38. The molecule has 1 aromatic heterocycles. The summed E-state index contributed by atoms with van der Waals surface area (Å²) < 4.78 is 6.77. The summed E-state index contributed by atoms with van der Waals surface area (Å²) in [4.78, 5) is 17.0. The van der Waals surface area contributed by atoms with Gasteiger partial charge in [-0.2, -0.15) is 10.1 Å². The minimum atomic E-state index is -0.451. The SMILES string of the molecule is COC(=O)C1=C(c2ccc(Cl)cc2)Nc2ncnn2[C@H]1c1ccccc1. The molecule has 1 aliphatic rings. The maximum atomic E-state index is 12.7. The first-order chi connectivity index (χ1) is 12.7. The van der Waals surface area contributed by atoms with E-state index >= 15 is 0 Å². The standard InChI is InChI=1S/C19H15ClN4O2/c1-26-18(25)15-16(12-7-9-14(20)10-8-12)23-19-21-11-22-24(19)17(15)13-5-3-2-4-6-13/h2-11,17H,1H3,(H,21,22,23)/t17-/m0/s1. The van der Waals surface area contributed by atoms with E-state index in [1.165, 1.54) is 13.4 Å². The highest BCUT2D eigenvalue weighted by Gasteiger charge is 2.35. The highest BCUT2D eigenvalue weighted by atomic mass is 35.5. The number of hydrogen-bond acceptors (Lipinski definition) is 5. The Morgan fingerprint density at radius 1 is 1.15 bits per heavy atom. The van der Waals surface area contributed by atoms with Crippen molar-refractivity contribution in [2.75, 3.05) is 12.4 Å². The van der Waals surface area contributed by atoms with E-state index in [2.05, 4.69) is 15.4 Å². The first-order valence-electron chi connectivity index (χ1n) is 7.99. The lowest BCUT2D eigenvalue weighted by atomic mass is 9.93. The first kappa shape index (κ1) is 16.4. The Morgan fingerprint density at radius 2 is 1.88 bits per heavy atom. The zero-order valence-electron chi connectivity index (χ0n) is 13.9. The van der Waals surface area contributed by atoms with Crippen molar-refractivity contribution >= 4 is 29.2 Å². The molecular weight excluding hydrogens is 352 g/mol. The molecule has 0 radical (unpaired) electrons.